The minimum absolute atomic E-state index is 0.0616. The first kappa shape index (κ1) is 15.7. The van der Waals surface area contributed by atoms with Crippen LogP contribution in [0, 0.1) is 18.7 Å². The Morgan fingerprint density at radius 2 is 2.30 bits per heavy atom. The van der Waals surface area contributed by atoms with Gasteiger partial charge in [0.2, 0.25) is 0 Å². The smallest absolute Gasteiger partial charge is 0.315 e. The van der Waals surface area contributed by atoms with Gasteiger partial charge in [-0.3, -0.25) is 5.10 Å². The van der Waals surface area contributed by atoms with E-state index < -0.39 is 5.82 Å². The summed E-state index contributed by atoms with van der Waals surface area (Å²) in [6.07, 6.45) is 2.06. The van der Waals surface area contributed by atoms with Crippen molar-refractivity contribution in [3.8, 4) is 0 Å². The fourth-order valence-electron chi connectivity index (χ4n) is 2.43. The lowest BCUT2D eigenvalue weighted by atomic mass is 10.0. The number of hydrogen-bond donors (Lipinski definition) is 3. The Balaban J connectivity index is 1.62. The van der Waals surface area contributed by atoms with E-state index in [-0.39, 0.29) is 23.6 Å². The number of aromatic nitrogens is 3. The summed E-state index contributed by atoms with van der Waals surface area (Å²) < 4.78 is 13.3. The number of carbonyl (C=O) groups excluding carboxylic acids is 1. The number of amides is 2. The van der Waals surface area contributed by atoms with E-state index in [1.54, 1.807) is 19.1 Å². The van der Waals surface area contributed by atoms with Gasteiger partial charge in [0.25, 0.3) is 0 Å². The summed E-state index contributed by atoms with van der Waals surface area (Å²) in [7, 11) is 0. The Hall–Kier alpha value is -2.15. The molecule has 0 unspecified atom stereocenters. The summed E-state index contributed by atoms with van der Waals surface area (Å²) in [4.78, 5) is 16.2. The fourth-order valence-corrected chi connectivity index (χ4v) is 2.62. The zero-order valence-corrected chi connectivity index (χ0v) is 13.3. The molecule has 1 saturated carbocycles. The zero-order chi connectivity index (χ0) is 16.4. The third-order valence-electron chi connectivity index (χ3n) is 3.73. The first-order valence-electron chi connectivity index (χ1n) is 7.40. The number of H-pyrrole nitrogens is 1. The topological polar surface area (TPSA) is 82.7 Å². The highest BCUT2D eigenvalue weighted by Gasteiger charge is 2.33. The van der Waals surface area contributed by atoms with Crippen LogP contribution >= 0.6 is 11.6 Å². The van der Waals surface area contributed by atoms with E-state index in [0.29, 0.717) is 17.6 Å². The zero-order valence-electron chi connectivity index (χ0n) is 12.6. The fraction of sp³-hybridized carbons (Fsp3) is 0.400. The van der Waals surface area contributed by atoms with Crippen molar-refractivity contribution in [1.82, 2.24) is 25.8 Å². The molecule has 1 aliphatic rings. The maximum Gasteiger partial charge on any atom is 0.315 e. The average Bonchev–Trinajstić information content (AvgIpc) is 3.28. The van der Waals surface area contributed by atoms with Crippen molar-refractivity contribution in [2.75, 3.05) is 0 Å². The van der Waals surface area contributed by atoms with E-state index in [9.17, 15) is 9.18 Å². The molecule has 0 bridgehead atoms. The molecule has 6 nitrogen and oxygen atoms in total. The van der Waals surface area contributed by atoms with Gasteiger partial charge in [0.05, 0.1) is 17.6 Å². The Bertz CT molecular complexity index is 716. The number of halogens is 2. The number of urea groups is 1. The molecule has 1 aromatic carbocycles. The molecular weight excluding hydrogens is 321 g/mol. The minimum Gasteiger partial charge on any atom is -0.331 e. The van der Waals surface area contributed by atoms with E-state index >= 15 is 0 Å². The average molecular weight is 338 g/mol. The van der Waals surface area contributed by atoms with Crippen molar-refractivity contribution in [3.63, 3.8) is 0 Å². The largest absolute Gasteiger partial charge is 0.331 e. The lowest BCUT2D eigenvalue weighted by molar-refractivity contribution is 0.235. The van der Waals surface area contributed by atoms with Gasteiger partial charge < -0.3 is 10.6 Å². The molecule has 23 heavy (non-hydrogen) atoms. The number of nitrogens with zero attached hydrogens (tertiary/aromatic N) is 2. The molecule has 2 amide bonds. The van der Waals surface area contributed by atoms with Crippen molar-refractivity contribution < 1.29 is 9.18 Å². The molecule has 0 aliphatic heterocycles. The summed E-state index contributed by atoms with van der Waals surface area (Å²) in [5.41, 5.74) is 0.808. The number of carbonyl (C=O) groups is 1. The van der Waals surface area contributed by atoms with Gasteiger partial charge in [-0.25, -0.2) is 14.2 Å². The predicted octanol–water partition coefficient (Wildman–Crippen LogP) is 2.86. The SMILES string of the molecule is Cc1nc(CNC(=O)N[C@H](c2ccc(F)c(Cl)c2)C2CC2)n[nH]1. The molecule has 1 fully saturated rings. The number of aromatic amines is 1. The molecule has 0 radical (unpaired) electrons. The van der Waals surface area contributed by atoms with Crippen LogP contribution in [-0.2, 0) is 6.54 Å². The van der Waals surface area contributed by atoms with Crippen molar-refractivity contribution in [2.45, 2.75) is 32.4 Å². The summed E-state index contributed by atoms with van der Waals surface area (Å²) in [5, 5.41) is 12.4. The molecule has 0 spiro atoms. The molecule has 1 atom stereocenters. The summed E-state index contributed by atoms with van der Waals surface area (Å²) in [5.74, 6) is 1.10. The van der Waals surface area contributed by atoms with Gasteiger partial charge >= 0.3 is 6.03 Å². The van der Waals surface area contributed by atoms with Crippen LogP contribution in [0.2, 0.25) is 5.02 Å². The van der Waals surface area contributed by atoms with Crippen LogP contribution in [0.4, 0.5) is 9.18 Å². The van der Waals surface area contributed by atoms with Gasteiger partial charge in [-0.1, -0.05) is 17.7 Å². The molecule has 3 rings (SSSR count). The lowest BCUT2D eigenvalue weighted by Gasteiger charge is -2.19. The Morgan fingerprint density at radius 3 is 2.91 bits per heavy atom. The number of benzene rings is 1. The number of hydrogen-bond acceptors (Lipinski definition) is 3. The summed E-state index contributed by atoms with van der Waals surface area (Å²) >= 11 is 5.84. The number of aryl methyl sites for hydroxylation is 1. The molecule has 0 saturated heterocycles. The maximum absolute atomic E-state index is 13.3. The number of rotatable bonds is 5. The van der Waals surface area contributed by atoms with E-state index in [4.69, 9.17) is 11.6 Å². The van der Waals surface area contributed by atoms with Crippen molar-refractivity contribution >= 4 is 17.6 Å². The standard InChI is InChI=1S/C15H17ClFN5O/c1-8-19-13(22-21-8)7-18-15(23)20-14(9-2-3-9)10-4-5-12(17)11(16)6-10/h4-6,9,14H,2-3,7H2,1H3,(H2,18,20,23)(H,19,21,22)/t14-/m0/s1. The quantitative estimate of drug-likeness (QED) is 0.784. The normalized spacial score (nSPS) is 15.3. The molecule has 1 aliphatic carbocycles. The van der Waals surface area contributed by atoms with Crippen LogP contribution < -0.4 is 10.6 Å². The van der Waals surface area contributed by atoms with Crippen molar-refractivity contribution in [1.29, 1.82) is 0 Å². The van der Waals surface area contributed by atoms with Crippen LogP contribution in [0.3, 0.4) is 0 Å². The highest BCUT2D eigenvalue weighted by atomic mass is 35.5. The Morgan fingerprint density at radius 1 is 1.52 bits per heavy atom. The molecular formula is C15H17ClFN5O. The first-order valence-corrected chi connectivity index (χ1v) is 7.78. The van der Waals surface area contributed by atoms with Crippen molar-refractivity contribution in [3.05, 3.63) is 46.3 Å². The molecule has 1 aromatic heterocycles. The highest BCUT2D eigenvalue weighted by Crippen LogP contribution is 2.41. The second kappa shape index (κ2) is 6.54. The van der Waals surface area contributed by atoms with Gasteiger partial charge in [0.1, 0.15) is 11.6 Å². The molecule has 2 aromatic rings. The minimum atomic E-state index is -0.464. The highest BCUT2D eigenvalue weighted by molar-refractivity contribution is 6.30. The van der Waals surface area contributed by atoms with Gasteiger partial charge in [-0.2, -0.15) is 5.10 Å². The van der Waals surface area contributed by atoms with E-state index in [2.05, 4.69) is 25.8 Å². The van der Waals surface area contributed by atoms with Crippen LogP contribution in [-0.4, -0.2) is 21.2 Å². The third-order valence-corrected chi connectivity index (χ3v) is 4.02. The third kappa shape index (κ3) is 3.98. The summed E-state index contributed by atoms with van der Waals surface area (Å²) in [6.45, 7) is 2.02. The van der Waals surface area contributed by atoms with Crippen LogP contribution in [0.15, 0.2) is 18.2 Å². The van der Waals surface area contributed by atoms with Gasteiger partial charge in [0, 0.05) is 0 Å². The molecule has 1 heterocycles. The predicted molar refractivity (Wildman–Crippen MR) is 83.4 cm³/mol. The molecule has 8 heteroatoms. The van der Waals surface area contributed by atoms with Crippen LogP contribution in [0.5, 0.6) is 0 Å². The van der Waals surface area contributed by atoms with Crippen LogP contribution in [0.1, 0.15) is 36.1 Å². The molecule has 3 N–H and O–H groups in total. The van der Waals surface area contributed by atoms with E-state index in [0.717, 1.165) is 18.4 Å². The lowest BCUT2D eigenvalue weighted by Crippen LogP contribution is -2.38. The Labute approximate surface area is 137 Å². The second-order valence-electron chi connectivity index (χ2n) is 5.65. The molecule has 122 valence electrons. The van der Waals surface area contributed by atoms with E-state index in [1.807, 2.05) is 0 Å². The first-order chi connectivity index (χ1) is 11.0. The second-order valence-corrected chi connectivity index (χ2v) is 6.06. The van der Waals surface area contributed by atoms with E-state index in [1.165, 1.54) is 6.07 Å². The number of nitrogens with one attached hydrogen (secondary N) is 3. The van der Waals surface area contributed by atoms with Gasteiger partial charge in [0.15, 0.2) is 5.82 Å². The summed E-state index contributed by atoms with van der Waals surface area (Å²) in [6, 6.07) is 4.05. The van der Waals surface area contributed by atoms with Crippen LogP contribution in [0.25, 0.3) is 0 Å². The van der Waals surface area contributed by atoms with Gasteiger partial charge in [-0.15, -0.1) is 0 Å². The van der Waals surface area contributed by atoms with Crippen molar-refractivity contribution in [2.24, 2.45) is 5.92 Å². The van der Waals surface area contributed by atoms with Gasteiger partial charge in [-0.05, 0) is 43.4 Å². The maximum atomic E-state index is 13.3. The monoisotopic (exact) mass is 337 g/mol. The Kier molecular flexibility index (Phi) is 4.47.